The van der Waals surface area contributed by atoms with E-state index in [0.29, 0.717) is 23.2 Å². The molecule has 1 aromatic heterocycles. The van der Waals surface area contributed by atoms with Crippen molar-refractivity contribution < 1.29 is 17.7 Å². The lowest BCUT2D eigenvalue weighted by atomic mass is 10.0. The Hall–Kier alpha value is -1.89. The molecule has 0 saturated heterocycles. The highest BCUT2D eigenvalue weighted by Gasteiger charge is 2.32. The Kier molecular flexibility index (Phi) is 3.01. The standard InChI is InChI=1S/C13H12F3N3O/c14-13(15,16)9-5-3-7(4-6-9)10(17)11-18-12(20-19-11)8-1-2-8/h3-6,8,10H,1-2,17H2. The van der Waals surface area contributed by atoms with Gasteiger partial charge in [-0.1, -0.05) is 17.3 Å². The second kappa shape index (κ2) is 4.59. The molecule has 1 fully saturated rings. The Bertz CT molecular complexity index is 602. The van der Waals surface area contributed by atoms with Gasteiger partial charge in [-0.05, 0) is 30.5 Å². The molecular weight excluding hydrogens is 271 g/mol. The quantitative estimate of drug-likeness (QED) is 0.940. The van der Waals surface area contributed by atoms with Gasteiger partial charge in [0.2, 0.25) is 5.89 Å². The fourth-order valence-electron chi connectivity index (χ4n) is 1.90. The van der Waals surface area contributed by atoms with Gasteiger partial charge in [0.25, 0.3) is 0 Å². The SMILES string of the molecule is NC(c1ccc(C(F)(F)F)cc1)c1noc(C2CC2)n1. The summed E-state index contributed by atoms with van der Waals surface area (Å²) in [5.74, 6) is 1.17. The summed E-state index contributed by atoms with van der Waals surface area (Å²) in [6, 6.07) is 3.98. The third-order valence-corrected chi connectivity index (χ3v) is 3.26. The first-order valence-electron chi connectivity index (χ1n) is 6.21. The van der Waals surface area contributed by atoms with Crippen molar-refractivity contribution in [2.75, 3.05) is 0 Å². The number of nitrogens with two attached hydrogens (primary N) is 1. The number of hydrogen-bond donors (Lipinski definition) is 1. The third kappa shape index (κ3) is 2.53. The predicted octanol–water partition coefficient (Wildman–Crippen LogP) is 3.01. The summed E-state index contributed by atoms with van der Waals surface area (Å²) in [6.07, 6.45) is -2.30. The summed E-state index contributed by atoms with van der Waals surface area (Å²) in [7, 11) is 0. The zero-order valence-electron chi connectivity index (χ0n) is 10.4. The Morgan fingerprint density at radius 2 is 1.85 bits per heavy atom. The predicted molar refractivity (Wildman–Crippen MR) is 63.7 cm³/mol. The van der Waals surface area contributed by atoms with Crippen LogP contribution in [0.4, 0.5) is 13.2 Å². The monoisotopic (exact) mass is 283 g/mol. The van der Waals surface area contributed by atoms with Gasteiger partial charge in [-0.25, -0.2) is 0 Å². The van der Waals surface area contributed by atoms with E-state index in [1.54, 1.807) is 0 Å². The average Bonchev–Trinajstić information content (AvgIpc) is 3.15. The van der Waals surface area contributed by atoms with Crippen molar-refractivity contribution in [1.29, 1.82) is 0 Å². The van der Waals surface area contributed by atoms with Crippen molar-refractivity contribution in [2.45, 2.75) is 31.0 Å². The minimum Gasteiger partial charge on any atom is -0.339 e. The lowest BCUT2D eigenvalue weighted by Gasteiger charge is -2.10. The summed E-state index contributed by atoms with van der Waals surface area (Å²) in [5.41, 5.74) is 5.75. The number of rotatable bonds is 3. The van der Waals surface area contributed by atoms with Crippen molar-refractivity contribution in [3.63, 3.8) is 0 Å². The molecule has 3 rings (SSSR count). The molecule has 0 bridgehead atoms. The van der Waals surface area contributed by atoms with Crippen molar-refractivity contribution in [1.82, 2.24) is 10.1 Å². The van der Waals surface area contributed by atoms with Crippen molar-refractivity contribution in [3.8, 4) is 0 Å². The average molecular weight is 283 g/mol. The number of alkyl halides is 3. The largest absolute Gasteiger partial charge is 0.416 e. The van der Waals surface area contributed by atoms with E-state index < -0.39 is 17.8 Å². The Morgan fingerprint density at radius 3 is 2.40 bits per heavy atom. The minimum absolute atomic E-state index is 0.298. The van der Waals surface area contributed by atoms with E-state index >= 15 is 0 Å². The smallest absolute Gasteiger partial charge is 0.339 e. The fraction of sp³-hybridized carbons (Fsp3) is 0.385. The molecule has 2 aromatic rings. The van der Waals surface area contributed by atoms with Gasteiger partial charge >= 0.3 is 6.18 Å². The van der Waals surface area contributed by atoms with E-state index in [-0.39, 0.29) is 0 Å². The van der Waals surface area contributed by atoms with E-state index in [9.17, 15) is 13.2 Å². The van der Waals surface area contributed by atoms with Gasteiger partial charge < -0.3 is 10.3 Å². The summed E-state index contributed by atoms with van der Waals surface area (Å²) in [5, 5.41) is 3.79. The molecule has 1 aliphatic carbocycles. The maximum Gasteiger partial charge on any atom is 0.416 e. The summed E-state index contributed by atoms with van der Waals surface area (Å²) in [6.45, 7) is 0. The molecule has 4 nitrogen and oxygen atoms in total. The lowest BCUT2D eigenvalue weighted by molar-refractivity contribution is -0.137. The van der Waals surface area contributed by atoms with E-state index in [1.165, 1.54) is 12.1 Å². The van der Waals surface area contributed by atoms with Gasteiger partial charge in [-0.15, -0.1) is 0 Å². The van der Waals surface area contributed by atoms with E-state index in [4.69, 9.17) is 10.3 Å². The number of halogens is 3. The van der Waals surface area contributed by atoms with Gasteiger partial charge in [0.05, 0.1) is 11.6 Å². The molecule has 106 valence electrons. The van der Waals surface area contributed by atoms with Crippen LogP contribution >= 0.6 is 0 Å². The van der Waals surface area contributed by atoms with Crippen LogP contribution in [-0.2, 0) is 6.18 Å². The molecule has 1 saturated carbocycles. The highest BCUT2D eigenvalue weighted by atomic mass is 19.4. The van der Waals surface area contributed by atoms with Gasteiger partial charge in [-0.2, -0.15) is 18.2 Å². The van der Waals surface area contributed by atoms with Gasteiger partial charge in [0.15, 0.2) is 5.82 Å². The fourth-order valence-corrected chi connectivity index (χ4v) is 1.90. The van der Waals surface area contributed by atoms with Crippen LogP contribution in [0.3, 0.4) is 0 Å². The molecule has 1 atom stereocenters. The normalized spacial score (nSPS) is 17.2. The van der Waals surface area contributed by atoms with Crippen LogP contribution in [0.2, 0.25) is 0 Å². The number of benzene rings is 1. The lowest BCUT2D eigenvalue weighted by Crippen LogP contribution is -2.14. The van der Waals surface area contributed by atoms with E-state index in [2.05, 4.69) is 10.1 Å². The molecule has 1 aliphatic rings. The molecule has 7 heteroatoms. The summed E-state index contributed by atoms with van der Waals surface area (Å²) >= 11 is 0. The van der Waals surface area contributed by atoms with Crippen molar-refractivity contribution in [2.24, 2.45) is 5.73 Å². The van der Waals surface area contributed by atoms with Gasteiger partial charge in [0, 0.05) is 5.92 Å². The zero-order chi connectivity index (χ0) is 14.3. The summed E-state index contributed by atoms with van der Waals surface area (Å²) < 4.78 is 42.5. The highest BCUT2D eigenvalue weighted by Crippen LogP contribution is 2.39. The van der Waals surface area contributed by atoms with Crippen molar-refractivity contribution >= 4 is 0 Å². The first kappa shape index (κ1) is 13.1. The third-order valence-electron chi connectivity index (χ3n) is 3.26. The Morgan fingerprint density at radius 1 is 1.20 bits per heavy atom. The molecule has 2 N–H and O–H groups in total. The van der Waals surface area contributed by atoms with Crippen LogP contribution in [0.5, 0.6) is 0 Å². The maximum atomic E-state index is 12.5. The number of aromatic nitrogens is 2. The topological polar surface area (TPSA) is 64.9 Å². The minimum atomic E-state index is -4.35. The van der Waals surface area contributed by atoms with Crippen molar-refractivity contribution in [3.05, 3.63) is 47.1 Å². The molecule has 1 aromatic carbocycles. The highest BCUT2D eigenvalue weighted by molar-refractivity contribution is 5.29. The van der Waals surface area contributed by atoms with Crippen LogP contribution in [0.15, 0.2) is 28.8 Å². The van der Waals surface area contributed by atoms with Gasteiger partial charge in [0.1, 0.15) is 0 Å². The van der Waals surface area contributed by atoms with Crippen LogP contribution in [0.25, 0.3) is 0 Å². The molecular formula is C13H12F3N3O. The Labute approximate surface area is 112 Å². The number of nitrogens with zero attached hydrogens (tertiary/aromatic N) is 2. The van der Waals surface area contributed by atoms with Crippen LogP contribution in [-0.4, -0.2) is 10.1 Å². The van der Waals surface area contributed by atoms with Crippen LogP contribution < -0.4 is 5.73 Å². The molecule has 0 aliphatic heterocycles. The van der Waals surface area contributed by atoms with Crippen LogP contribution in [0, 0.1) is 0 Å². The summed E-state index contributed by atoms with van der Waals surface area (Å²) in [4.78, 5) is 4.19. The zero-order valence-corrected chi connectivity index (χ0v) is 10.4. The first-order chi connectivity index (χ1) is 9.45. The first-order valence-corrected chi connectivity index (χ1v) is 6.21. The van der Waals surface area contributed by atoms with E-state index in [1.807, 2.05) is 0 Å². The molecule has 1 unspecified atom stereocenters. The van der Waals surface area contributed by atoms with E-state index in [0.717, 1.165) is 25.0 Å². The second-order valence-corrected chi connectivity index (χ2v) is 4.86. The maximum absolute atomic E-state index is 12.5. The van der Waals surface area contributed by atoms with Gasteiger partial charge in [-0.3, -0.25) is 0 Å². The molecule has 20 heavy (non-hydrogen) atoms. The Balaban J connectivity index is 1.80. The molecule has 0 radical (unpaired) electrons. The number of hydrogen-bond acceptors (Lipinski definition) is 4. The molecule has 0 amide bonds. The molecule has 0 spiro atoms. The second-order valence-electron chi connectivity index (χ2n) is 4.86. The molecule has 1 heterocycles. The van der Waals surface area contributed by atoms with Crippen LogP contribution in [0.1, 0.15) is 47.6 Å².